The highest BCUT2D eigenvalue weighted by Crippen LogP contribution is 2.30. The molecule has 0 radical (unpaired) electrons. The van der Waals surface area contributed by atoms with E-state index < -0.39 is 30.4 Å². The molecule has 0 heterocycles. The summed E-state index contributed by atoms with van der Waals surface area (Å²) in [5.74, 6) is 0. The van der Waals surface area contributed by atoms with Gasteiger partial charge in [0.2, 0.25) is 16.6 Å². The van der Waals surface area contributed by atoms with Crippen LogP contribution >= 0.6 is 0 Å². The molecule has 2 N–H and O–H groups in total. The third-order valence-corrected chi connectivity index (χ3v) is 11.0. The maximum absolute atomic E-state index is 10.4. The Balaban J connectivity index is 5.04. The Labute approximate surface area is 121 Å². The fraction of sp³-hybridized carbons (Fsp3) is 1.00. The van der Waals surface area contributed by atoms with Crippen molar-refractivity contribution in [3.63, 3.8) is 0 Å². The van der Waals surface area contributed by atoms with Crippen LogP contribution in [-0.4, -0.2) is 45.7 Å². The van der Waals surface area contributed by atoms with Gasteiger partial charge < -0.3 is 18.4 Å². The van der Waals surface area contributed by atoms with Crippen LogP contribution in [0.1, 0.15) is 27.2 Å². The topological polar surface area (TPSA) is 58.9 Å². The fourth-order valence-electron chi connectivity index (χ4n) is 1.91. The van der Waals surface area contributed by atoms with Gasteiger partial charge in [-0.15, -0.1) is 0 Å². The van der Waals surface area contributed by atoms with E-state index >= 15 is 0 Å². The Morgan fingerprint density at radius 2 is 1.42 bits per heavy atom. The van der Waals surface area contributed by atoms with Gasteiger partial charge >= 0.3 is 8.56 Å². The van der Waals surface area contributed by atoms with Gasteiger partial charge in [-0.1, -0.05) is 6.92 Å². The molecule has 1 atom stereocenters. The maximum atomic E-state index is 10.4. The Kier molecular flexibility index (Phi) is 6.24. The van der Waals surface area contributed by atoms with Crippen LogP contribution in [0.2, 0.25) is 39.3 Å². The highest BCUT2D eigenvalue weighted by atomic mass is 28.4. The second kappa shape index (κ2) is 6.08. The minimum atomic E-state index is -2.57. The smallest absolute Gasteiger partial charge is 0.329 e. The van der Waals surface area contributed by atoms with Crippen molar-refractivity contribution in [3.05, 3.63) is 0 Å². The predicted molar refractivity (Wildman–Crippen MR) is 87.2 cm³/mol. The lowest BCUT2D eigenvalue weighted by molar-refractivity contribution is 0.114. The molecule has 0 aromatic rings. The molecule has 0 rings (SSSR count). The average Bonchev–Trinajstić information content (AvgIpc) is 2.08. The Bertz CT molecular complexity index is 292. The van der Waals surface area contributed by atoms with Crippen molar-refractivity contribution >= 4 is 25.2 Å². The molecule has 0 aromatic heterocycles. The molecule has 0 saturated heterocycles. The van der Waals surface area contributed by atoms with Gasteiger partial charge in [0.1, 0.15) is 0 Å². The summed E-state index contributed by atoms with van der Waals surface area (Å²) >= 11 is 0. The molecular weight excluding hydrogens is 292 g/mol. The minimum Gasteiger partial charge on any atom is -0.429 e. The predicted octanol–water partition coefficient (Wildman–Crippen LogP) is 2.75. The molecular formula is C12H32O4Si3. The van der Waals surface area contributed by atoms with Gasteiger partial charge in [0.05, 0.1) is 11.0 Å². The molecule has 0 aliphatic carbocycles. The third-order valence-electron chi connectivity index (χ3n) is 3.57. The van der Waals surface area contributed by atoms with Gasteiger partial charge in [-0.25, -0.2) is 0 Å². The molecule has 0 aromatic carbocycles. The van der Waals surface area contributed by atoms with Gasteiger partial charge in [-0.05, 0) is 59.6 Å². The monoisotopic (exact) mass is 324 g/mol. The fourth-order valence-corrected chi connectivity index (χ4v) is 8.99. The van der Waals surface area contributed by atoms with E-state index in [0.29, 0.717) is 0 Å². The van der Waals surface area contributed by atoms with Crippen LogP contribution < -0.4 is 0 Å². The molecule has 0 saturated carbocycles. The van der Waals surface area contributed by atoms with Gasteiger partial charge in [-0.2, -0.15) is 0 Å². The van der Waals surface area contributed by atoms with Crippen LogP contribution in [0.4, 0.5) is 0 Å². The number of rotatable bonds is 7. The van der Waals surface area contributed by atoms with Crippen molar-refractivity contribution < 1.29 is 18.4 Å². The highest BCUT2D eigenvalue weighted by molar-refractivity contribution is 6.77. The lowest BCUT2D eigenvalue weighted by Crippen LogP contribution is -2.61. The van der Waals surface area contributed by atoms with Crippen LogP contribution in [0.25, 0.3) is 0 Å². The van der Waals surface area contributed by atoms with Crippen molar-refractivity contribution in [2.75, 3.05) is 0 Å². The SMILES string of the molecule is CCC(O[Si](C)(C)O)[Si](C)(C)OC(C)(C)[Si](C)(C)O. The molecule has 0 aliphatic rings. The zero-order valence-electron chi connectivity index (χ0n) is 14.0. The van der Waals surface area contributed by atoms with Gasteiger partial charge in [0.25, 0.3) is 0 Å². The van der Waals surface area contributed by atoms with E-state index in [9.17, 15) is 9.59 Å². The zero-order chi connectivity index (χ0) is 15.7. The lowest BCUT2D eigenvalue weighted by Gasteiger charge is -2.44. The van der Waals surface area contributed by atoms with E-state index in [-0.39, 0.29) is 5.73 Å². The van der Waals surface area contributed by atoms with Crippen LogP contribution in [0, 0.1) is 0 Å². The lowest BCUT2D eigenvalue weighted by atomic mass is 10.5. The van der Waals surface area contributed by atoms with E-state index in [0.717, 1.165) is 6.42 Å². The zero-order valence-corrected chi connectivity index (χ0v) is 17.0. The maximum Gasteiger partial charge on any atom is 0.329 e. The summed E-state index contributed by atoms with van der Waals surface area (Å²) in [7, 11) is -7.14. The number of hydrogen-bond acceptors (Lipinski definition) is 4. The van der Waals surface area contributed by atoms with Crippen molar-refractivity contribution in [1.29, 1.82) is 0 Å². The summed E-state index contributed by atoms with van der Waals surface area (Å²) in [5, 5.41) is -0.513. The molecule has 116 valence electrons. The first-order chi connectivity index (χ1) is 8.12. The summed E-state index contributed by atoms with van der Waals surface area (Å²) in [6.45, 7) is 17.5. The van der Waals surface area contributed by atoms with E-state index in [2.05, 4.69) is 20.0 Å². The minimum absolute atomic E-state index is 0.0465. The van der Waals surface area contributed by atoms with Crippen molar-refractivity contribution in [1.82, 2.24) is 0 Å². The van der Waals surface area contributed by atoms with Crippen molar-refractivity contribution in [3.8, 4) is 0 Å². The van der Waals surface area contributed by atoms with Crippen LogP contribution in [0.3, 0.4) is 0 Å². The van der Waals surface area contributed by atoms with Crippen molar-refractivity contribution in [2.45, 2.75) is 77.4 Å². The van der Waals surface area contributed by atoms with E-state index in [1.165, 1.54) is 0 Å². The Hall–Kier alpha value is 0.491. The molecule has 1 unspecified atom stereocenters. The summed E-state index contributed by atoms with van der Waals surface area (Å²) in [6.07, 6.45) is 0.819. The first-order valence-electron chi connectivity index (χ1n) is 6.95. The Morgan fingerprint density at radius 3 is 1.68 bits per heavy atom. The van der Waals surface area contributed by atoms with E-state index in [1.807, 2.05) is 26.9 Å². The standard InChI is InChI=1S/C12H32O4Si3/c1-10-11(15-19(8,9)14)17(4,5)16-12(2,3)18(6,7)13/h11,13-14H,10H2,1-9H3. The third kappa shape index (κ3) is 6.19. The summed E-state index contributed by atoms with van der Waals surface area (Å²) in [6, 6.07) is 0. The van der Waals surface area contributed by atoms with Gasteiger partial charge in [-0.3, -0.25) is 0 Å². The van der Waals surface area contributed by atoms with Gasteiger partial charge in [0, 0.05) is 0 Å². The molecule has 0 amide bonds. The van der Waals surface area contributed by atoms with Crippen molar-refractivity contribution in [2.24, 2.45) is 0 Å². The summed E-state index contributed by atoms with van der Waals surface area (Å²) < 4.78 is 12.2. The largest absolute Gasteiger partial charge is 0.429 e. The molecule has 0 bridgehead atoms. The summed E-state index contributed by atoms with van der Waals surface area (Å²) in [4.78, 5) is 20.3. The second-order valence-corrected chi connectivity index (χ2v) is 18.7. The summed E-state index contributed by atoms with van der Waals surface area (Å²) in [5.41, 5.74) is -0.0465. The second-order valence-electron chi connectivity index (χ2n) is 7.24. The molecule has 7 heteroatoms. The first-order valence-corrected chi connectivity index (χ1v) is 15.7. The molecule has 19 heavy (non-hydrogen) atoms. The highest BCUT2D eigenvalue weighted by Gasteiger charge is 2.47. The molecule has 0 aliphatic heterocycles. The van der Waals surface area contributed by atoms with Crippen LogP contribution in [0.15, 0.2) is 0 Å². The van der Waals surface area contributed by atoms with Crippen LogP contribution in [0.5, 0.6) is 0 Å². The molecule has 4 nitrogen and oxygen atoms in total. The number of hydrogen-bond donors (Lipinski definition) is 2. The van der Waals surface area contributed by atoms with Gasteiger partial charge in [0.15, 0.2) is 0 Å². The Morgan fingerprint density at radius 1 is 1.00 bits per heavy atom. The first kappa shape index (κ1) is 19.5. The molecule has 0 fully saturated rings. The van der Waals surface area contributed by atoms with E-state index in [4.69, 9.17) is 8.85 Å². The van der Waals surface area contributed by atoms with E-state index in [1.54, 1.807) is 13.1 Å². The normalized spacial score (nSPS) is 16.6. The molecule has 0 spiro atoms. The average molecular weight is 325 g/mol. The van der Waals surface area contributed by atoms with Crippen LogP contribution in [-0.2, 0) is 8.85 Å². The quantitative estimate of drug-likeness (QED) is 0.707.